The maximum atomic E-state index is 13.5. The maximum Gasteiger partial charge on any atom is 0.434 e. The zero-order valence-corrected chi connectivity index (χ0v) is 15.3. The van der Waals surface area contributed by atoms with Gasteiger partial charge in [0.25, 0.3) is 0 Å². The number of nitrogens with two attached hydrogens (primary N) is 1. The predicted molar refractivity (Wildman–Crippen MR) is 96.9 cm³/mol. The number of halogens is 3. The molecule has 2 aliphatic heterocycles. The molecule has 8 nitrogen and oxygen atoms in total. The molecule has 28 heavy (non-hydrogen) atoms. The summed E-state index contributed by atoms with van der Waals surface area (Å²) in [6.07, 6.45) is -2.60. The molecule has 0 saturated carbocycles. The fourth-order valence-electron chi connectivity index (χ4n) is 3.22. The summed E-state index contributed by atoms with van der Waals surface area (Å²) in [6.45, 7) is 5.15. The zero-order chi connectivity index (χ0) is 19.9. The Kier molecular flexibility index (Phi) is 4.69. The monoisotopic (exact) mass is 395 g/mol. The van der Waals surface area contributed by atoms with Crippen LogP contribution in [-0.2, 0) is 10.9 Å². The standard InChI is InChI=1S/C17H20F3N7O/c1-10-9-28-6-5-27(10)16-23-12(7-13(24-16)26-3-2-4-26)11-8-22-15(21)25-14(11)17(18,19)20/h7-8,10H,2-6,9H2,1H3,(H2,21,22,25). The van der Waals surface area contributed by atoms with Crippen molar-refractivity contribution in [3.63, 3.8) is 0 Å². The van der Waals surface area contributed by atoms with Crippen molar-refractivity contribution < 1.29 is 17.9 Å². The van der Waals surface area contributed by atoms with Crippen molar-refractivity contribution in [2.75, 3.05) is 48.4 Å². The third-order valence-electron chi connectivity index (χ3n) is 4.86. The second-order valence-electron chi connectivity index (χ2n) is 6.86. The summed E-state index contributed by atoms with van der Waals surface area (Å²) in [7, 11) is 0. The maximum absolute atomic E-state index is 13.5. The van der Waals surface area contributed by atoms with Gasteiger partial charge in [0.2, 0.25) is 11.9 Å². The van der Waals surface area contributed by atoms with Gasteiger partial charge < -0.3 is 20.3 Å². The molecule has 1 atom stereocenters. The lowest BCUT2D eigenvalue weighted by atomic mass is 10.1. The molecule has 11 heteroatoms. The molecule has 2 N–H and O–H groups in total. The van der Waals surface area contributed by atoms with E-state index in [1.807, 2.05) is 16.7 Å². The van der Waals surface area contributed by atoms with E-state index < -0.39 is 17.8 Å². The Morgan fingerprint density at radius 1 is 1.18 bits per heavy atom. The molecule has 0 spiro atoms. The van der Waals surface area contributed by atoms with Gasteiger partial charge in [0.15, 0.2) is 5.69 Å². The minimum Gasteiger partial charge on any atom is -0.377 e. The number of alkyl halides is 3. The second kappa shape index (κ2) is 7.04. The van der Waals surface area contributed by atoms with Crippen molar-refractivity contribution in [2.24, 2.45) is 0 Å². The SMILES string of the molecule is CC1COCCN1c1nc(-c2cnc(N)nc2C(F)(F)F)cc(N2CCC2)n1. The summed E-state index contributed by atoms with van der Waals surface area (Å²) < 4.78 is 46.1. The van der Waals surface area contributed by atoms with Crippen LogP contribution < -0.4 is 15.5 Å². The highest BCUT2D eigenvalue weighted by atomic mass is 19.4. The minimum absolute atomic E-state index is 0.0120. The normalized spacial score (nSPS) is 20.2. The molecule has 4 heterocycles. The number of nitrogen functional groups attached to an aromatic ring is 1. The molecule has 2 aromatic heterocycles. The first kappa shape index (κ1) is 18.7. The molecule has 2 saturated heterocycles. The van der Waals surface area contributed by atoms with Crippen molar-refractivity contribution in [2.45, 2.75) is 25.6 Å². The van der Waals surface area contributed by atoms with Crippen molar-refractivity contribution >= 4 is 17.7 Å². The number of morpholine rings is 1. The molecule has 0 amide bonds. The van der Waals surface area contributed by atoms with Crippen LogP contribution in [0.4, 0.5) is 30.9 Å². The molecule has 0 aromatic carbocycles. The number of hydrogen-bond acceptors (Lipinski definition) is 8. The lowest BCUT2D eigenvalue weighted by Gasteiger charge is -2.36. The quantitative estimate of drug-likeness (QED) is 0.843. The van der Waals surface area contributed by atoms with Gasteiger partial charge >= 0.3 is 6.18 Å². The molecule has 2 fully saturated rings. The lowest BCUT2D eigenvalue weighted by Crippen LogP contribution is -2.45. The largest absolute Gasteiger partial charge is 0.434 e. The van der Waals surface area contributed by atoms with Crippen LogP contribution in [0.3, 0.4) is 0 Å². The third kappa shape index (κ3) is 3.53. The first-order chi connectivity index (χ1) is 13.3. The minimum atomic E-state index is -4.68. The van der Waals surface area contributed by atoms with Gasteiger partial charge in [-0.15, -0.1) is 0 Å². The molecular formula is C17H20F3N7O. The Morgan fingerprint density at radius 3 is 2.61 bits per heavy atom. The average molecular weight is 395 g/mol. The average Bonchev–Trinajstić information content (AvgIpc) is 2.59. The van der Waals surface area contributed by atoms with Crippen LogP contribution in [0.1, 0.15) is 19.0 Å². The van der Waals surface area contributed by atoms with Gasteiger partial charge in [-0.1, -0.05) is 0 Å². The van der Waals surface area contributed by atoms with E-state index in [9.17, 15) is 13.2 Å². The van der Waals surface area contributed by atoms with Crippen LogP contribution in [0.2, 0.25) is 0 Å². The van der Waals surface area contributed by atoms with Gasteiger partial charge in [-0.05, 0) is 13.3 Å². The van der Waals surface area contributed by atoms with Crippen LogP contribution in [0.25, 0.3) is 11.3 Å². The van der Waals surface area contributed by atoms with E-state index in [4.69, 9.17) is 10.5 Å². The fourth-order valence-corrected chi connectivity index (χ4v) is 3.22. The zero-order valence-electron chi connectivity index (χ0n) is 15.3. The van der Waals surface area contributed by atoms with Gasteiger partial charge in [0.05, 0.1) is 24.9 Å². The molecule has 0 bridgehead atoms. The first-order valence-electron chi connectivity index (χ1n) is 9.01. The highest BCUT2D eigenvalue weighted by molar-refractivity contribution is 5.68. The summed E-state index contributed by atoms with van der Waals surface area (Å²) in [5, 5.41) is 0. The van der Waals surface area contributed by atoms with Crippen molar-refractivity contribution in [3.8, 4) is 11.3 Å². The number of rotatable bonds is 3. The Hall–Kier alpha value is -2.69. The van der Waals surface area contributed by atoms with E-state index in [2.05, 4.69) is 19.9 Å². The van der Waals surface area contributed by atoms with E-state index in [0.29, 0.717) is 31.5 Å². The number of hydrogen-bond donors (Lipinski definition) is 1. The summed E-state index contributed by atoms with van der Waals surface area (Å²) in [4.78, 5) is 20.2. The second-order valence-corrected chi connectivity index (χ2v) is 6.86. The summed E-state index contributed by atoms with van der Waals surface area (Å²) >= 11 is 0. The first-order valence-corrected chi connectivity index (χ1v) is 9.01. The summed E-state index contributed by atoms with van der Waals surface area (Å²) in [5.41, 5.74) is 4.20. The van der Waals surface area contributed by atoms with Crippen LogP contribution in [0, 0.1) is 0 Å². The Bertz CT molecular complexity index is 872. The number of ether oxygens (including phenoxy) is 1. The predicted octanol–water partition coefficient (Wildman–Crippen LogP) is 1.97. The van der Waals surface area contributed by atoms with Crippen molar-refractivity contribution in [1.29, 1.82) is 0 Å². The summed E-state index contributed by atoms with van der Waals surface area (Å²) in [5.74, 6) is 0.533. The Morgan fingerprint density at radius 2 is 1.96 bits per heavy atom. The molecule has 2 aliphatic rings. The van der Waals surface area contributed by atoms with E-state index in [0.717, 1.165) is 25.7 Å². The van der Waals surface area contributed by atoms with Gasteiger partial charge in [0.1, 0.15) is 5.82 Å². The fraction of sp³-hybridized carbons (Fsp3) is 0.529. The van der Waals surface area contributed by atoms with E-state index >= 15 is 0 Å². The van der Waals surface area contributed by atoms with Crippen molar-refractivity contribution in [3.05, 3.63) is 18.0 Å². The number of nitrogens with zero attached hydrogens (tertiary/aromatic N) is 6. The van der Waals surface area contributed by atoms with Crippen LogP contribution in [-0.4, -0.2) is 58.8 Å². The van der Waals surface area contributed by atoms with Crippen LogP contribution in [0.15, 0.2) is 12.3 Å². The van der Waals surface area contributed by atoms with E-state index in [1.54, 1.807) is 6.07 Å². The number of aromatic nitrogens is 4. The molecule has 4 rings (SSSR count). The number of anilines is 3. The van der Waals surface area contributed by atoms with Gasteiger partial charge in [-0.25, -0.2) is 15.0 Å². The molecular weight excluding hydrogens is 375 g/mol. The van der Waals surface area contributed by atoms with Crippen LogP contribution >= 0.6 is 0 Å². The molecule has 0 radical (unpaired) electrons. The van der Waals surface area contributed by atoms with Crippen molar-refractivity contribution in [1.82, 2.24) is 19.9 Å². The van der Waals surface area contributed by atoms with Gasteiger partial charge in [-0.2, -0.15) is 18.2 Å². The van der Waals surface area contributed by atoms with Crippen LogP contribution in [0.5, 0.6) is 0 Å². The Labute approximate surface area is 159 Å². The van der Waals surface area contributed by atoms with Gasteiger partial charge in [-0.3, -0.25) is 0 Å². The molecule has 2 aromatic rings. The summed E-state index contributed by atoms with van der Waals surface area (Å²) in [6, 6.07) is 1.57. The Balaban J connectivity index is 1.84. The highest BCUT2D eigenvalue weighted by Crippen LogP contribution is 2.37. The van der Waals surface area contributed by atoms with E-state index in [1.165, 1.54) is 0 Å². The lowest BCUT2D eigenvalue weighted by molar-refractivity contribution is -0.140. The smallest absolute Gasteiger partial charge is 0.377 e. The topological polar surface area (TPSA) is 93.3 Å². The van der Waals surface area contributed by atoms with E-state index in [-0.39, 0.29) is 17.3 Å². The molecule has 1 unspecified atom stereocenters. The van der Waals surface area contributed by atoms with Gasteiger partial charge in [0, 0.05) is 37.5 Å². The molecule has 0 aliphatic carbocycles. The molecule has 150 valence electrons. The third-order valence-corrected chi connectivity index (χ3v) is 4.86. The highest BCUT2D eigenvalue weighted by Gasteiger charge is 2.37.